The molecule has 2 aromatic rings. The first-order chi connectivity index (χ1) is 11.4. The lowest BCUT2D eigenvalue weighted by Gasteiger charge is -2.17. The van der Waals surface area contributed by atoms with Crippen molar-refractivity contribution in [2.24, 2.45) is 0 Å². The second-order valence-corrected chi connectivity index (χ2v) is 4.81. The maximum Gasteiger partial charge on any atom is 0.419 e. The predicted molar refractivity (Wildman–Crippen MR) is 80.1 cm³/mol. The van der Waals surface area contributed by atoms with Crippen LogP contribution < -0.4 is 9.47 Å². The van der Waals surface area contributed by atoms with Crippen LogP contribution in [0, 0.1) is 0 Å². The third kappa shape index (κ3) is 3.98. The molecule has 2 aromatic carbocycles. The molecule has 0 atom stereocenters. The summed E-state index contributed by atoms with van der Waals surface area (Å²) in [5.74, 6) is -1.40. The third-order valence-corrected chi connectivity index (χ3v) is 3.25. The Morgan fingerprint density at radius 2 is 1.71 bits per heavy atom. The summed E-state index contributed by atoms with van der Waals surface area (Å²) in [5, 5.41) is 0. The standard InChI is InChI=1S/C17H15F3O4/c1-22-14-9-15(24-10-11-6-4-3-5-7-11)13(17(18,19)20)8-12(14)16(21)23-2/h3-9H,10H2,1-2H3. The fraction of sp³-hybridized carbons (Fsp3) is 0.235. The Labute approximate surface area is 136 Å². The number of hydrogen-bond donors (Lipinski definition) is 0. The van der Waals surface area contributed by atoms with E-state index < -0.39 is 23.5 Å². The minimum absolute atomic E-state index is 0.0509. The van der Waals surface area contributed by atoms with Gasteiger partial charge in [-0.3, -0.25) is 0 Å². The van der Waals surface area contributed by atoms with Gasteiger partial charge in [-0.15, -0.1) is 0 Å². The van der Waals surface area contributed by atoms with Gasteiger partial charge in [-0.1, -0.05) is 30.3 Å². The van der Waals surface area contributed by atoms with Crippen LogP contribution >= 0.6 is 0 Å². The largest absolute Gasteiger partial charge is 0.496 e. The van der Waals surface area contributed by atoms with Crippen molar-refractivity contribution in [1.82, 2.24) is 0 Å². The van der Waals surface area contributed by atoms with E-state index in [0.29, 0.717) is 11.6 Å². The van der Waals surface area contributed by atoms with Gasteiger partial charge in [-0.2, -0.15) is 13.2 Å². The number of rotatable bonds is 5. The van der Waals surface area contributed by atoms with Crippen molar-refractivity contribution in [1.29, 1.82) is 0 Å². The first-order valence-electron chi connectivity index (χ1n) is 6.91. The summed E-state index contributed by atoms with van der Waals surface area (Å²) in [6.07, 6.45) is -4.69. The van der Waals surface area contributed by atoms with Gasteiger partial charge in [-0.05, 0) is 11.6 Å². The normalized spacial score (nSPS) is 11.0. The highest BCUT2D eigenvalue weighted by Crippen LogP contribution is 2.40. The summed E-state index contributed by atoms with van der Waals surface area (Å²) >= 11 is 0. The molecule has 0 saturated carbocycles. The molecule has 0 aliphatic carbocycles. The zero-order valence-electron chi connectivity index (χ0n) is 13.0. The van der Waals surface area contributed by atoms with Crippen molar-refractivity contribution in [3.8, 4) is 11.5 Å². The lowest BCUT2D eigenvalue weighted by Crippen LogP contribution is -2.13. The van der Waals surface area contributed by atoms with Crippen LogP contribution in [0.4, 0.5) is 13.2 Å². The van der Waals surface area contributed by atoms with Crippen LogP contribution in [0.25, 0.3) is 0 Å². The van der Waals surface area contributed by atoms with E-state index in [1.807, 2.05) is 0 Å². The zero-order chi connectivity index (χ0) is 17.7. The van der Waals surface area contributed by atoms with Crippen LogP contribution in [0.2, 0.25) is 0 Å². The number of ether oxygens (including phenoxy) is 3. The second-order valence-electron chi connectivity index (χ2n) is 4.81. The van der Waals surface area contributed by atoms with E-state index in [2.05, 4.69) is 4.74 Å². The topological polar surface area (TPSA) is 44.8 Å². The summed E-state index contributed by atoms with van der Waals surface area (Å²) in [5.41, 5.74) is -0.680. The number of esters is 1. The Kier molecular flexibility index (Phi) is 5.33. The molecule has 0 aliphatic rings. The van der Waals surface area contributed by atoms with Crippen LogP contribution in [0.1, 0.15) is 21.5 Å². The molecule has 0 saturated heterocycles. The number of benzene rings is 2. The fourth-order valence-electron chi connectivity index (χ4n) is 2.08. The highest BCUT2D eigenvalue weighted by Gasteiger charge is 2.36. The molecule has 0 heterocycles. The lowest BCUT2D eigenvalue weighted by atomic mass is 10.1. The first-order valence-corrected chi connectivity index (χ1v) is 6.91. The van der Waals surface area contributed by atoms with Crippen molar-refractivity contribution in [3.05, 3.63) is 59.2 Å². The summed E-state index contributed by atoms with van der Waals surface area (Å²) in [6.45, 7) is -0.0509. The number of methoxy groups -OCH3 is 2. The van der Waals surface area contributed by atoms with Gasteiger partial charge in [-0.25, -0.2) is 4.79 Å². The average molecular weight is 340 g/mol. The Balaban J connectivity index is 2.43. The Morgan fingerprint density at radius 3 is 2.25 bits per heavy atom. The highest BCUT2D eigenvalue weighted by atomic mass is 19.4. The van der Waals surface area contributed by atoms with E-state index in [1.54, 1.807) is 30.3 Å². The summed E-state index contributed by atoms with van der Waals surface area (Å²) in [4.78, 5) is 11.7. The molecule has 0 fully saturated rings. The Bertz CT molecular complexity index is 712. The van der Waals surface area contributed by atoms with Crippen molar-refractivity contribution in [3.63, 3.8) is 0 Å². The van der Waals surface area contributed by atoms with Gasteiger partial charge in [0.15, 0.2) is 0 Å². The SMILES string of the molecule is COC(=O)c1cc(C(F)(F)F)c(OCc2ccccc2)cc1OC. The van der Waals surface area contributed by atoms with E-state index in [9.17, 15) is 18.0 Å². The van der Waals surface area contributed by atoms with Gasteiger partial charge in [0.2, 0.25) is 0 Å². The summed E-state index contributed by atoms with van der Waals surface area (Å²) in [7, 11) is 2.32. The van der Waals surface area contributed by atoms with E-state index in [0.717, 1.165) is 13.2 Å². The minimum Gasteiger partial charge on any atom is -0.496 e. The van der Waals surface area contributed by atoms with E-state index in [1.165, 1.54) is 7.11 Å². The summed E-state index contributed by atoms with van der Waals surface area (Å²) < 4.78 is 54.6. The van der Waals surface area contributed by atoms with Crippen LogP contribution in [-0.2, 0) is 17.5 Å². The van der Waals surface area contributed by atoms with Gasteiger partial charge >= 0.3 is 12.1 Å². The second kappa shape index (κ2) is 7.25. The van der Waals surface area contributed by atoms with Crippen LogP contribution in [0.15, 0.2) is 42.5 Å². The third-order valence-electron chi connectivity index (χ3n) is 3.25. The smallest absolute Gasteiger partial charge is 0.419 e. The van der Waals surface area contributed by atoms with Crippen molar-refractivity contribution in [2.45, 2.75) is 12.8 Å². The Morgan fingerprint density at radius 1 is 1.04 bits per heavy atom. The van der Waals surface area contributed by atoms with Gasteiger partial charge in [0.25, 0.3) is 0 Å². The molecule has 7 heteroatoms. The molecular weight excluding hydrogens is 325 g/mol. The summed E-state index contributed by atoms with van der Waals surface area (Å²) in [6, 6.07) is 10.5. The maximum absolute atomic E-state index is 13.3. The van der Waals surface area contributed by atoms with Crippen LogP contribution in [0.5, 0.6) is 11.5 Å². The number of halogens is 3. The molecule has 4 nitrogen and oxygen atoms in total. The number of carbonyl (C=O) groups is 1. The van der Waals surface area contributed by atoms with Gasteiger partial charge < -0.3 is 14.2 Å². The monoisotopic (exact) mass is 340 g/mol. The van der Waals surface area contributed by atoms with E-state index in [4.69, 9.17) is 9.47 Å². The number of hydrogen-bond acceptors (Lipinski definition) is 4. The molecule has 0 aliphatic heterocycles. The average Bonchev–Trinajstić information content (AvgIpc) is 2.58. The van der Waals surface area contributed by atoms with Gasteiger partial charge in [0.1, 0.15) is 23.7 Å². The highest BCUT2D eigenvalue weighted by molar-refractivity contribution is 5.93. The Hall–Kier alpha value is -2.70. The maximum atomic E-state index is 13.3. The predicted octanol–water partition coefficient (Wildman–Crippen LogP) is 4.08. The van der Waals surface area contributed by atoms with E-state index >= 15 is 0 Å². The molecule has 0 spiro atoms. The number of carbonyl (C=O) groups excluding carboxylic acids is 1. The van der Waals surface area contributed by atoms with Crippen molar-refractivity contribution in [2.75, 3.05) is 14.2 Å². The molecule has 0 amide bonds. The van der Waals surface area contributed by atoms with Crippen molar-refractivity contribution < 1.29 is 32.2 Å². The van der Waals surface area contributed by atoms with Crippen molar-refractivity contribution >= 4 is 5.97 Å². The molecule has 24 heavy (non-hydrogen) atoms. The molecule has 2 rings (SSSR count). The minimum atomic E-state index is -4.69. The first kappa shape index (κ1) is 17.7. The van der Waals surface area contributed by atoms with Crippen LogP contribution in [-0.4, -0.2) is 20.2 Å². The lowest BCUT2D eigenvalue weighted by molar-refractivity contribution is -0.139. The van der Waals surface area contributed by atoms with Gasteiger partial charge in [0.05, 0.1) is 19.8 Å². The molecule has 0 unspecified atom stereocenters. The fourth-order valence-corrected chi connectivity index (χ4v) is 2.08. The molecule has 0 N–H and O–H groups in total. The quantitative estimate of drug-likeness (QED) is 0.770. The molecule has 0 radical (unpaired) electrons. The van der Waals surface area contributed by atoms with E-state index in [-0.39, 0.29) is 17.9 Å². The van der Waals surface area contributed by atoms with Gasteiger partial charge in [0, 0.05) is 6.07 Å². The number of alkyl halides is 3. The van der Waals surface area contributed by atoms with Crippen LogP contribution in [0.3, 0.4) is 0 Å². The molecule has 0 aromatic heterocycles. The molecule has 128 valence electrons. The molecule has 0 bridgehead atoms. The zero-order valence-corrected chi connectivity index (χ0v) is 13.0. The molecular formula is C17H15F3O4.